The Hall–Kier alpha value is -1.65. The molecule has 0 radical (unpaired) electrons. The zero-order valence-electron chi connectivity index (χ0n) is 17.8. The summed E-state index contributed by atoms with van der Waals surface area (Å²) in [4.78, 5) is 9.81. The fraction of sp³-hybridized carbons (Fsp3) is 0.625. The van der Waals surface area contributed by atoms with Crippen molar-refractivity contribution >= 4 is 10.9 Å². The van der Waals surface area contributed by atoms with Crippen LogP contribution in [-0.2, 0) is 6.42 Å². The summed E-state index contributed by atoms with van der Waals surface area (Å²) in [5.41, 5.74) is 2.37. The number of benzene rings is 1. The second-order valence-corrected chi connectivity index (χ2v) is 8.03. The maximum Gasteiger partial charge on any atom is 0.145 e. The van der Waals surface area contributed by atoms with Crippen LogP contribution in [-0.4, -0.2) is 61.2 Å². The molecule has 2 aromatic rings. The summed E-state index contributed by atoms with van der Waals surface area (Å²) in [6, 6.07) is 8.38. The average molecular weight is 384 g/mol. The van der Waals surface area contributed by atoms with E-state index in [1.807, 2.05) is 12.3 Å². The summed E-state index contributed by atoms with van der Waals surface area (Å²) in [5, 5.41) is 1.23. The standard InChI is InChI=1S/C24H37N3O/c1-3-4-5-6-7-15-26-17-19-27(20-18-26)16-9-10-21-13-14-25-24-22(21)11-8-12-23(24)28-2/h8,11-14H,3-7,9-10,15-20H2,1-2H3. The van der Waals surface area contributed by atoms with Gasteiger partial charge < -0.3 is 14.5 Å². The zero-order chi connectivity index (χ0) is 19.6. The molecule has 1 fully saturated rings. The number of fused-ring (bicyclic) bond motifs is 1. The first-order chi connectivity index (χ1) is 13.8. The molecule has 2 heterocycles. The fourth-order valence-electron chi connectivity index (χ4n) is 4.26. The molecule has 0 spiro atoms. The van der Waals surface area contributed by atoms with Crippen molar-refractivity contribution in [3.05, 3.63) is 36.0 Å². The van der Waals surface area contributed by atoms with Crippen LogP contribution in [0.5, 0.6) is 5.75 Å². The van der Waals surface area contributed by atoms with Gasteiger partial charge in [-0.05, 0) is 50.0 Å². The van der Waals surface area contributed by atoms with Gasteiger partial charge in [-0.2, -0.15) is 0 Å². The summed E-state index contributed by atoms with van der Waals surface area (Å²) >= 11 is 0. The maximum absolute atomic E-state index is 5.46. The number of nitrogens with zero attached hydrogens (tertiary/aromatic N) is 3. The topological polar surface area (TPSA) is 28.6 Å². The highest BCUT2D eigenvalue weighted by atomic mass is 16.5. The molecule has 0 aliphatic carbocycles. The Balaban J connectivity index is 1.39. The first kappa shape index (κ1) is 21.1. The molecule has 0 amide bonds. The van der Waals surface area contributed by atoms with Crippen LogP contribution >= 0.6 is 0 Å². The van der Waals surface area contributed by atoms with Gasteiger partial charge in [0.15, 0.2) is 0 Å². The third kappa shape index (κ3) is 5.92. The van der Waals surface area contributed by atoms with Gasteiger partial charge >= 0.3 is 0 Å². The van der Waals surface area contributed by atoms with Crippen LogP contribution in [0.2, 0.25) is 0 Å². The number of hydrogen-bond acceptors (Lipinski definition) is 4. The Bertz CT molecular complexity index is 710. The molecule has 0 bridgehead atoms. The lowest BCUT2D eigenvalue weighted by atomic mass is 10.0. The van der Waals surface area contributed by atoms with Crippen LogP contribution in [0.1, 0.15) is 51.0 Å². The quantitative estimate of drug-likeness (QED) is 0.523. The van der Waals surface area contributed by atoms with E-state index in [1.54, 1.807) is 7.11 Å². The van der Waals surface area contributed by atoms with E-state index in [1.165, 1.54) is 88.7 Å². The molecule has 3 rings (SSSR count). The summed E-state index contributed by atoms with van der Waals surface area (Å²) in [5.74, 6) is 0.866. The van der Waals surface area contributed by atoms with Gasteiger partial charge in [-0.1, -0.05) is 44.7 Å². The van der Waals surface area contributed by atoms with E-state index >= 15 is 0 Å². The van der Waals surface area contributed by atoms with Crippen molar-refractivity contribution < 1.29 is 4.74 Å². The number of methoxy groups -OCH3 is 1. The van der Waals surface area contributed by atoms with E-state index in [0.29, 0.717) is 0 Å². The first-order valence-electron chi connectivity index (χ1n) is 11.2. The molecule has 4 heteroatoms. The summed E-state index contributed by atoms with van der Waals surface area (Å²) in [7, 11) is 1.72. The van der Waals surface area contributed by atoms with Gasteiger partial charge in [0.25, 0.3) is 0 Å². The minimum atomic E-state index is 0.866. The van der Waals surface area contributed by atoms with Crippen molar-refractivity contribution in [1.29, 1.82) is 0 Å². The van der Waals surface area contributed by atoms with Gasteiger partial charge in [0.05, 0.1) is 7.11 Å². The van der Waals surface area contributed by atoms with E-state index in [-0.39, 0.29) is 0 Å². The second kappa shape index (κ2) is 11.4. The Morgan fingerprint density at radius 2 is 1.61 bits per heavy atom. The summed E-state index contributed by atoms with van der Waals surface area (Å²) in [6.07, 6.45) is 11.1. The summed E-state index contributed by atoms with van der Waals surface area (Å²) in [6.45, 7) is 9.69. The highest BCUT2D eigenvalue weighted by Crippen LogP contribution is 2.26. The molecule has 1 aliphatic heterocycles. The molecular formula is C24H37N3O. The van der Waals surface area contributed by atoms with Crippen LogP contribution < -0.4 is 4.74 Å². The average Bonchev–Trinajstić information content (AvgIpc) is 2.74. The molecule has 0 unspecified atom stereocenters. The molecule has 1 saturated heterocycles. The highest BCUT2D eigenvalue weighted by molar-refractivity contribution is 5.87. The second-order valence-electron chi connectivity index (χ2n) is 8.03. The van der Waals surface area contributed by atoms with Gasteiger partial charge in [-0.15, -0.1) is 0 Å². The smallest absolute Gasteiger partial charge is 0.145 e. The van der Waals surface area contributed by atoms with Crippen molar-refractivity contribution in [3.8, 4) is 5.75 Å². The lowest BCUT2D eigenvalue weighted by Gasteiger charge is -2.34. The van der Waals surface area contributed by atoms with Gasteiger partial charge in [0, 0.05) is 37.8 Å². The van der Waals surface area contributed by atoms with Crippen LogP contribution in [0, 0.1) is 0 Å². The number of aryl methyl sites for hydroxylation is 1. The molecule has 1 aromatic heterocycles. The number of hydrogen-bond donors (Lipinski definition) is 0. The SMILES string of the molecule is CCCCCCCN1CCN(CCCc2ccnc3c(OC)cccc23)CC1. The number of para-hydroxylation sites is 1. The number of piperazine rings is 1. The fourth-order valence-corrected chi connectivity index (χ4v) is 4.26. The molecule has 0 atom stereocenters. The van der Waals surface area contributed by atoms with E-state index in [9.17, 15) is 0 Å². The largest absolute Gasteiger partial charge is 0.494 e. The van der Waals surface area contributed by atoms with Gasteiger partial charge in [0.1, 0.15) is 11.3 Å². The minimum Gasteiger partial charge on any atom is -0.494 e. The summed E-state index contributed by atoms with van der Waals surface area (Å²) < 4.78 is 5.46. The number of pyridine rings is 1. The molecule has 154 valence electrons. The van der Waals surface area contributed by atoms with Crippen molar-refractivity contribution in [2.75, 3.05) is 46.4 Å². The Labute approximate surface area is 170 Å². The van der Waals surface area contributed by atoms with Gasteiger partial charge in [-0.25, -0.2) is 0 Å². The van der Waals surface area contributed by atoms with Crippen LogP contribution in [0.3, 0.4) is 0 Å². The van der Waals surface area contributed by atoms with Crippen molar-refractivity contribution in [3.63, 3.8) is 0 Å². The molecular weight excluding hydrogens is 346 g/mol. The van der Waals surface area contributed by atoms with Crippen LogP contribution in [0.25, 0.3) is 10.9 Å². The molecule has 1 aromatic carbocycles. The van der Waals surface area contributed by atoms with E-state index in [4.69, 9.17) is 4.74 Å². The molecule has 1 aliphatic rings. The number of ether oxygens (including phenoxy) is 1. The highest BCUT2D eigenvalue weighted by Gasteiger charge is 2.16. The van der Waals surface area contributed by atoms with Crippen molar-refractivity contribution in [2.24, 2.45) is 0 Å². The van der Waals surface area contributed by atoms with E-state index in [2.05, 4.69) is 39.9 Å². The van der Waals surface area contributed by atoms with Gasteiger partial charge in [0.2, 0.25) is 0 Å². The molecule has 0 N–H and O–H groups in total. The first-order valence-corrected chi connectivity index (χ1v) is 11.2. The molecule has 4 nitrogen and oxygen atoms in total. The van der Waals surface area contributed by atoms with Crippen molar-refractivity contribution in [2.45, 2.75) is 51.9 Å². The number of aromatic nitrogens is 1. The predicted octanol–water partition coefficient (Wildman–Crippen LogP) is 4.76. The monoisotopic (exact) mass is 383 g/mol. The molecule has 28 heavy (non-hydrogen) atoms. The van der Waals surface area contributed by atoms with Gasteiger partial charge in [-0.3, -0.25) is 4.98 Å². The predicted molar refractivity (Wildman–Crippen MR) is 118 cm³/mol. The Morgan fingerprint density at radius 1 is 0.893 bits per heavy atom. The Kier molecular flexibility index (Phi) is 8.56. The van der Waals surface area contributed by atoms with Crippen molar-refractivity contribution in [1.82, 2.24) is 14.8 Å². The Morgan fingerprint density at radius 3 is 2.32 bits per heavy atom. The zero-order valence-corrected chi connectivity index (χ0v) is 17.8. The van der Waals surface area contributed by atoms with Crippen LogP contribution in [0.4, 0.5) is 0 Å². The minimum absolute atomic E-state index is 0.866. The lowest BCUT2D eigenvalue weighted by molar-refractivity contribution is 0.130. The number of unbranched alkanes of at least 4 members (excludes halogenated alkanes) is 4. The molecule has 0 saturated carbocycles. The third-order valence-corrected chi connectivity index (χ3v) is 6.01. The third-order valence-electron chi connectivity index (χ3n) is 6.01. The van der Waals surface area contributed by atoms with Crippen LogP contribution in [0.15, 0.2) is 30.5 Å². The maximum atomic E-state index is 5.46. The van der Waals surface area contributed by atoms with E-state index in [0.717, 1.165) is 17.7 Å². The van der Waals surface area contributed by atoms with E-state index < -0.39 is 0 Å². The lowest BCUT2D eigenvalue weighted by Crippen LogP contribution is -2.46. The number of rotatable bonds is 11. The normalized spacial score (nSPS) is 15.9.